The Labute approximate surface area is 179 Å². The molecule has 4 rings (SSSR count). The average molecular weight is 435 g/mol. The molecule has 1 amide bonds. The summed E-state index contributed by atoms with van der Waals surface area (Å²) in [5.74, 6) is 1.70. The SMILES string of the molecule is COc1ccc(C(NC(=O)CSc2nnc(NCC3CCCO3)s2)C2CC2)cc1. The summed E-state index contributed by atoms with van der Waals surface area (Å²) in [6.45, 7) is 1.60. The van der Waals surface area contributed by atoms with Gasteiger partial charge >= 0.3 is 0 Å². The number of hydrogen-bond acceptors (Lipinski definition) is 8. The number of benzene rings is 1. The summed E-state index contributed by atoms with van der Waals surface area (Å²) in [5, 5.41) is 15.6. The minimum atomic E-state index is 0.0202. The molecule has 7 nitrogen and oxygen atoms in total. The fourth-order valence-electron chi connectivity index (χ4n) is 3.40. The van der Waals surface area contributed by atoms with E-state index in [9.17, 15) is 4.79 Å². The number of aromatic nitrogens is 2. The molecule has 0 bridgehead atoms. The van der Waals surface area contributed by atoms with Crippen molar-refractivity contribution in [2.24, 2.45) is 5.92 Å². The summed E-state index contributed by atoms with van der Waals surface area (Å²) in [4.78, 5) is 12.5. The van der Waals surface area contributed by atoms with Crippen molar-refractivity contribution in [2.45, 2.75) is 42.2 Å². The highest BCUT2D eigenvalue weighted by molar-refractivity contribution is 8.01. The molecule has 9 heteroatoms. The van der Waals surface area contributed by atoms with Gasteiger partial charge in [0.25, 0.3) is 0 Å². The Morgan fingerprint density at radius 1 is 1.31 bits per heavy atom. The normalized spacial score (nSPS) is 19.7. The molecule has 29 heavy (non-hydrogen) atoms. The van der Waals surface area contributed by atoms with Crippen molar-refractivity contribution in [3.8, 4) is 5.75 Å². The van der Waals surface area contributed by atoms with Crippen LogP contribution in [0.3, 0.4) is 0 Å². The molecule has 1 saturated carbocycles. The molecule has 2 unspecified atom stereocenters. The van der Waals surface area contributed by atoms with E-state index in [2.05, 4.69) is 20.8 Å². The first-order valence-electron chi connectivity index (χ1n) is 9.96. The van der Waals surface area contributed by atoms with Crippen LogP contribution in [0.5, 0.6) is 5.75 Å². The van der Waals surface area contributed by atoms with Crippen molar-refractivity contribution in [3.05, 3.63) is 29.8 Å². The van der Waals surface area contributed by atoms with E-state index in [1.807, 2.05) is 24.3 Å². The molecule has 1 aliphatic heterocycles. The summed E-state index contributed by atoms with van der Waals surface area (Å²) in [5.41, 5.74) is 1.13. The topological polar surface area (TPSA) is 85.4 Å². The van der Waals surface area contributed by atoms with E-state index in [0.29, 0.717) is 11.7 Å². The third kappa shape index (κ3) is 5.83. The molecule has 2 heterocycles. The summed E-state index contributed by atoms with van der Waals surface area (Å²) in [6, 6.07) is 8.01. The van der Waals surface area contributed by atoms with Crippen LogP contribution in [0.15, 0.2) is 28.6 Å². The standard InChI is InChI=1S/C20H26N4O3S2/c1-26-15-8-6-14(7-9-15)18(13-4-5-13)22-17(25)12-28-20-24-23-19(29-20)21-11-16-3-2-10-27-16/h6-9,13,16,18H,2-5,10-12H2,1H3,(H,21,23)(H,22,25). The Morgan fingerprint density at radius 2 is 2.14 bits per heavy atom. The van der Waals surface area contributed by atoms with Gasteiger partial charge in [0.1, 0.15) is 5.75 Å². The predicted octanol–water partition coefficient (Wildman–Crippen LogP) is 3.50. The van der Waals surface area contributed by atoms with Crippen molar-refractivity contribution in [1.29, 1.82) is 0 Å². The number of carbonyl (C=O) groups excluding carboxylic acids is 1. The Bertz CT molecular complexity index is 804. The highest BCUT2D eigenvalue weighted by Gasteiger charge is 2.33. The summed E-state index contributed by atoms with van der Waals surface area (Å²) in [6.07, 6.45) is 4.78. The predicted molar refractivity (Wildman–Crippen MR) is 115 cm³/mol. The van der Waals surface area contributed by atoms with Crippen LogP contribution in [0.2, 0.25) is 0 Å². The van der Waals surface area contributed by atoms with Gasteiger partial charge in [-0.1, -0.05) is 35.2 Å². The lowest BCUT2D eigenvalue weighted by atomic mass is 10.0. The molecule has 2 atom stereocenters. The van der Waals surface area contributed by atoms with Crippen LogP contribution in [0, 0.1) is 5.92 Å². The van der Waals surface area contributed by atoms with Gasteiger partial charge in [-0.3, -0.25) is 4.79 Å². The summed E-state index contributed by atoms with van der Waals surface area (Å²) in [7, 11) is 1.66. The van der Waals surface area contributed by atoms with Gasteiger partial charge in [-0.15, -0.1) is 10.2 Å². The minimum absolute atomic E-state index is 0.0202. The van der Waals surface area contributed by atoms with Gasteiger partial charge < -0.3 is 20.1 Å². The Hall–Kier alpha value is -1.84. The van der Waals surface area contributed by atoms with E-state index < -0.39 is 0 Å². The van der Waals surface area contributed by atoms with Gasteiger partial charge in [-0.2, -0.15) is 0 Å². The maximum atomic E-state index is 12.5. The van der Waals surface area contributed by atoms with Crippen molar-refractivity contribution < 1.29 is 14.3 Å². The maximum Gasteiger partial charge on any atom is 0.230 e. The number of thioether (sulfide) groups is 1. The van der Waals surface area contributed by atoms with Crippen LogP contribution >= 0.6 is 23.1 Å². The van der Waals surface area contributed by atoms with Crippen molar-refractivity contribution in [1.82, 2.24) is 15.5 Å². The molecular formula is C20H26N4O3S2. The van der Waals surface area contributed by atoms with Gasteiger partial charge in [-0.25, -0.2) is 0 Å². The average Bonchev–Trinajstić information content (AvgIpc) is 3.25. The molecule has 156 valence electrons. The van der Waals surface area contributed by atoms with Crippen molar-refractivity contribution in [3.63, 3.8) is 0 Å². The number of methoxy groups -OCH3 is 1. The maximum absolute atomic E-state index is 12.5. The van der Waals surface area contributed by atoms with E-state index in [0.717, 1.165) is 59.6 Å². The van der Waals surface area contributed by atoms with E-state index in [4.69, 9.17) is 9.47 Å². The number of nitrogens with zero attached hydrogens (tertiary/aromatic N) is 2. The largest absolute Gasteiger partial charge is 0.497 e. The van der Waals surface area contributed by atoms with Gasteiger partial charge in [-0.05, 0) is 49.3 Å². The zero-order valence-corrected chi connectivity index (χ0v) is 18.1. The molecule has 2 aliphatic rings. The molecule has 0 spiro atoms. The number of nitrogens with one attached hydrogen (secondary N) is 2. The lowest BCUT2D eigenvalue weighted by molar-refractivity contribution is -0.119. The van der Waals surface area contributed by atoms with Gasteiger partial charge in [0, 0.05) is 13.2 Å². The van der Waals surface area contributed by atoms with Crippen LogP contribution < -0.4 is 15.4 Å². The lowest BCUT2D eigenvalue weighted by Gasteiger charge is -2.19. The second-order valence-electron chi connectivity index (χ2n) is 7.33. The van der Waals surface area contributed by atoms with E-state index in [1.54, 1.807) is 7.11 Å². The van der Waals surface area contributed by atoms with Crippen LogP contribution in [-0.4, -0.2) is 48.2 Å². The second-order valence-corrected chi connectivity index (χ2v) is 9.53. The van der Waals surface area contributed by atoms with Crippen LogP contribution in [0.25, 0.3) is 0 Å². The lowest BCUT2D eigenvalue weighted by Crippen LogP contribution is -2.31. The molecule has 1 saturated heterocycles. The quantitative estimate of drug-likeness (QED) is 0.554. The van der Waals surface area contributed by atoms with Gasteiger partial charge in [0.2, 0.25) is 11.0 Å². The summed E-state index contributed by atoms with van der Waals surface area (Å²) >= 11 is 2.90. The molecular weight excluding hydrogens is 408 g/mol. The number of hydrogen-bond donors (Lipinski definition) is 2. The van der Waals surface area contributed by atoms with Gasteiger partial charge in [0.15, 0.2) is 4.34 Å². The number of ether oxygens (including phenoxy) is 2. The van der Waals surface area contributed by atoms with Gasteiger partial charge in [0.05, 0.1) is 25.0 Å². The zero-order chi connectivity index (χ0) is 20.1. The molecule has 1 aromatic heterocycles. The molecule has 2 fully saturated rings. The first-order valence-corrected chi connectivity index (χ1v) is 11.8. The smallest absolute Gasteiger partial charge is 0.230 e. The highest BCUT2D eigenvalue weighted by Crippen LogP contribution is 2.41. The monoisotopic (exact) mass is 434 g/mol. The third-order valence-electron chi connectivity index (χ3n) is 5.12. The molecule has 1 aliphatic carbocycles. The van der Waals surface area contributed by atoms with E-state index in [-0.39, 0.29) is 18.1 Å². The fraction of sp³-hybridized carbons (Fsp3) is 0.550. The molecule has 2 N–H and O–H groups in total. The summed E-state index contributed by atoms with van der Waals surface area (Å²) < 4.78 is 11.6. The van der Waals surface area contributed by atoms with Crippen LogP contribution in [0.4, 0.5) is 5.13 Å². The number of rotatable bonds is 10. The third-order valence-corrected chi connectivity index (χ3v) is 7.14. The highest BCUT2D eigenvalue weighted by atomic mass is 32.2. The van der Waals surface area contributed by atoms with Crippen molar-refractivity contribution in [2.75, 3.05) is 31.3 Å². The Balaban J connectivity index is 1.25. The fourth-order valence-corrected chi connectivity index (χ4v) is 4.97. The minimum Gasteiger partial charge on any atom is -0.497 e. The molecule has 2 aromatic rings. The van der Waals surface area contributed by atoms with Crippen molar-refractivity contribution >= 4 is 34.1 Å². The first kappa shape index (κ1) is 20.4. The van der Waals surface area contributed by atoms with E-state index in [1.165, 1.54) is 23.1 Å². The second kappa shape index (κ2) is 9.77. The van der Waals surface area contributed by atoms with Crippen LogP contribution in [-0.2, 0) is 9.53 Å². The Morgan fingerprint density at radius 3 is 2.83 bits per heavy atom. The van der Waals surface area contributed by atoms with E-state index >= 15 is 0 Å². The number of amides is 1. The van der Waals surface area contributed by atoms with Crippen LogP contribution in [0.1, 0.15) is 37.3 Å². The molecule has 0 radical (unpaired) electrons. The first-order chi connectivity index (χ1) is 14.2. The Kier molecular flexibility index (Phi) is 6.89. The molecule has 1 aromatic carbocycles. The zero-order valence-electron chi connectivity index (χ0n) is 16.4. The number of carbonyl (C=O) groups is 1. The number of anilines is 1.